The van der Waals surface area contributed by atoms with E-state index in [9.17, 15) is 8.42 Å². The van der Waals surface area contributed by atoms with E-state index in [-0.39, 0.29) is 23.5 Å². The third-order valence-corrected chi connectivity index (χ3v) is 7.28. The van der Waals surface area contributed by atoms with Gasteiger partial charge < -0.3 is 9.47 Å². The topological polar surface area (TPSA) is 68.7 Å². The molecule has 2 saturated heterocycles. The van der Waals surface area contributed by atoms with Gasteiger partial charge in [-0.1, -0.05) is 6.07 Å². The number of nitrogens with zero attached hydrogens (tertiary/aromatic N) is 2. The third-order valence-electron chi connectivity index (χ3n) is 4.89. The second-order valence-electron chi connectivity index (χ2n) is 6.57. The molecule has 1 saturated carbocycles. The minimum Gasteiger partial charge on any atom is -0.374 e. The molecule has 7 heteroatoms. The van der Waals surface area contributed by atoms with Crippen molar-refractivity contribution < 1.29 is 17.9 Å². The van der Waals surface area contributed by atoms with Crippen LogP contribution >= 0.6 is 0 Å². The largest absolute Gasteiger partial charge is 0.374 e. The maximum Gasteiger partial charge on any atom is 0.217 e. The van der Waals surface area contributed by atoms with E-state index < -0.39 is 10.0 Å². The molecule has 3 heterocycles. The van der Waals surface area contributed by atoms with Gasteiger partial charge in [0.2, 0.25) is 10.0 Å². The average molecular weight is 338 g/mol. The van der Waals surface area contributed by atoms with Crippen molar-refractivity contribution in [3.63, 3.8) is 0 Å². The number of fused-ring (bicyclic) bond motifs is 1. The van der Waals surface area contributed by atoms with Crippen molar-refractivity contribution in [2.45, 2.75) is 55.8 Å². The summed E-state index contributed by atoms with van der Waals surface area (Å²) in [5.74, 6) is 0. The van der Waals surface area contributed by atoms with E-state index in [0.717, 1.165) is 31.2 Å². The maximum absolute atomic E-state index is 12.7. The van der Waals surface area contributed by atoms with Gasteiger partial charge in [0, 0.05) is 25.5 Å². The summed E-state index contributed by atoms with van der Waals surface area (Å²) < 4.78 is 38.9. The van der Waals surface area contributed by atoms with E-state index in [1.54, 1.807) is 16.7 Å². The Morgan fingerprint density at radius 2 is 2.22 bits per heavy atom. The molecule has 1 aromatic rings. The van der Waals surface area contributed by atoms with Crippen molar-refractivity contribution in [3.05, 3.63) is 30.1 Å². The number of aromatic nitrogens is 1. The fourth-order valence-electron chi connectivity index (χ4n) is 3.55. The van der Waals surface area contributed by atoms with Crippen molar-refractivity contribution in [2.75, 3.05) is 13.2 Å². The molecule has 3 fully saturated rings. The van der Waals surface area contributed by atoms with Crippen LogP contribution in [0.4, 0.5) is 0 Å². The molecule has 1 aromatic heterocycles. The molecule has 3 atom stereocenters. The van der Waals surface area contributed by atoms with Gasteiger partial charge in [-0.15, -0.1) is 0 Å². The Morgan fingerprint density at radius 3 is 2.96 bits per heavy atom. The number of hydrogen-bond acceptors (Lipinski definition) is 5. The maximum atomic E-state index is 12.7. The normalized spacial score (nSPS) is 31.9. The Kier molecular flexibility index (Phi) is 4.13. The summed E-state index contributed by atoms with van der Waals surface area (Å²) in [6.45, 7) is 1.53. The summed E-state index contributed by atoms with van der Waals surface area (Å²) in [5.41, 5.74) is 0.989. The van der Waals surface area contributed by atoms with E-state index in [0.29, 0.717) is 19.8 Å². The van der Waals surface area contributed by atoms with Crippen LogP contribution in [0.5, 0.6) is 0 Å². The fourth-order valence-corrected chi connectivity index (χ4v) is 5.62. The van der Waals surface area contributed by atoms with Crippen molar-refractivity contribution in [3.8, 4) is 0 Å². The predicted octanol–water partition coefficient (Wildman–Crippen LogP) is 1.32. The smallest absolute Gasteiger partial charge is 0.217 e. The lowest BCUT2D eigenvalue weighted by molar-refractivity contribution is -0.0802. The molecule has 0 radical (unpaired) electrons. The zero-order chi connectivity index (χ0) is 15.9. The Balaban J connectivity index is 1.49. The van der Waals surface area contributed by atoms with Crippen LogP contribution < -0.4 is 0 Å². The minimum atomic E-state index is -3.19. The summed E-state index contributed by atoms with van der Waals surface area (Å²) in [6.07, 6.45) is 6.51. The lowest BCUT2D eigenvalue weighted by Crippen LogP contribution is -2.44. The zero-order valence-corrected chi connectivity index (χ0v) is 13.8. The predicted molar refractivity (Wildman–Crippen MR) is 84.2 cm³/mol. The van der Waals surface area contributed by atoms with Gasteiger partial charge in [-0.3, -0.25) is 4.98 Å². The van der Waals surface area contributed by atoms with E-state index in [4.69, 9.17) is 9.47 Å². The summed E-state index contributed by atoms with van der Waals surface area (Å²) in [4.78, 5) is 4.08. The molecule has 4 rings (SSSR count). The summed E-state index contributed by atoms with van der Waals surface area (Å²) in [7, 11) is -3.19. The number of sulfonamides is 1. The zero-order valence-electron chi connectivity index (χ0n) is 13.0. The van der Waals surface area contributed by atoms with E-state index in [2.05, 4.69) is 4.98 Å². The first-order valence-corrected chi connectivity index (χ1v) is 9.79. The highest BCUT2D eigenvalue weighted by Gasteiger charge is 2.52. The van der Waals surface area contributed by atoms with Crippen molar-refractivity contribution >= 4 is 10.0 Å². The molecule has 6 nitrogen and oxygen atoms in total. The number of pyridine rings is 1. The van der Waals surface area contributed by atoms with E-state index in [1.165, 1.54) is 0 Å². The Hall–Kier alpha value is -1.02. The van der Waals surface area contributed by atoms with Crippen molar-refractivity contribution in [1.29, 1.82) is 0 Å². The van der Waals surface area contributed by atoms with E-state index >= 15 is 0 Å². The van der Waals surface area contributed by atoms with Crippen molar-refractivity contribution in [2.24, 2.45) is 0 Å². The van der Waals surface area contributed by atoms with E-state index in [1.807, 2.05) is 12.1 Å². The molecular weight excluding hydrogens is 316 g/mol. The SMILES string of the molecule is O=S(=O)(C1CC1)N1C[C@H](OCc2cccnc2)[C@H]2OCCC[C@H]21. The molecule has 23 heavy (non-hydrogen) atoms. The molecule has 0 unspecified atom stereocenters. The Morgan fingerprint density at radius 1 is 1.35 bits per heavy atom. The second kappa shape index (κ2) is 6.12. The molecule has 2 aliphatic heterocycles. The first-order valence-electron chi connectivity index (χ1n) is 8.29. The molecule has 0 amide bonds. The molecule has 0 spiro atoms. The van der Waals surface area contributed by atoms with Gasteiger partial charge in [-0.25, -0.2) is 8.42 Å². The molecule has 0 N–H and O–H groups in total. The third kappa shape index (κ3) is 3.03. The molecule has 1 aliphatic carbocycles. The number of ether oxygens (including phenoxy) is 2. The Labute approximate surface area is 136 Å². The summed E-state index contributed by atoms with van der Waals surface area (Å²) in [5, 5.41) is -0.179. The van der Waals surface area contributed by atoms with Crippen LogP contribution in [0.1, 0.15) is 31.2 Å². The van der Waals surface area contributed by atoms with Gasteiger partial charge in [-0.05, 0) is 37.3 Å². The van der Waals surface area contributed by atoms with Crippen LogP contribution in [0.2, 0.25) is 0 Å². The average Bonchev–Trinajstić information content (AvgIpc) is 3.37. The highest BCUT2D eigenvalue weighted by Crippen LogP contribution is 2.39. The van der Waals surface area contributed by atoms with Crippen LogP contribution in [0.15, 0.2) is 24.5 Å². The van der Waals surface area contributed by atoms with Crippen LogP contribution in [0, 0.1) is 0 Å². The lowest BCUT2D eigenvalue weighted by Gasteiger charge is -2.31. The van der Waals surface area contributed by atoms with Crippen LogP contribution in [0.25, 0.3) is 0 Å². The molecule has 126 valence electrons. The lowest BCUT2D eigenvalue weighted by atomic mass is 10.0. The second-order valence-corrected chi connectivity index (χ2v) is 8.74. The first-order chi connectivity index (χ1) is 11.2. The first kappa shape index (κ1) is 15.5. The van der Waals surface area contributed by atoms with Gasteiger partial charge in [0.05, 0.1) is 24.0 Å². The molecule has 3 aliphatic rings. The van der Waals surface area contributed by atoms with Crippen molar-refractivity contribution in [1.82, 2.24) is 9.29 Å². The van der Waals surface area contributed by atoms with Gasteiger partial charge in [0.25, 0.3) is 0 Å². The fraction of sp³-hybridized carbons (Fsp3) is 0.688. The van der Waals surface area contributed by atoms with Gasteiger partial charge in [0.1, 0.15) is 6.10 Å². The van der Waals surface area contributed by atoms with Crippen LogP contribution in [-0.4, -0.2) is 54.4 Å². The minimum absolute atomic E-state index is 0.0618. The molecular formula is C16H22N2O4S. The number of hydrogen-bond donors (Lipinski definition) is 0. The molecule has 0 aromatic carbocycles. The highest BCUT2D eigenvalue weighted by atomic mass is 32.2. The summed E-state index contributed by atoms with van der Waals surface area (Å²) >= 11 is 0. The standard InChI is InChI=1S/C16H22N2O4S/c19-23(20,13-5-6-13)18-10-15(16-14(18)4-2-8-21-16)22-11-12-3-1-7-17-9-12/h1,3,7,9,13-16H,2,4-6,8,10-11H2/t14-,15+,16+/m1/s1. The number of rotatable bonds is 5. The summed E-state index contributed by atoms with van der Waals surface area (Å²) in [6, 6.07) is 3.77. The molecule has 0 bridgehead atoms. The van der Waals surface area contributed by atoms with Crippen LogP contribution in [0.3, 0.4) is 0 Å². The van der Waals surface area contributed by atoms with Gasteiger partial charge in [-0.2, -0.15) is 4.31 Å². The quantitative estimate of drug-likeness (QED) is 0.810. The van der Waals surface area contributed by atoms with Gasteiger partial charge in [0.15, 0.2) is 0 Å². The van der Waals surface area contributed by atoms with Gasteiger partial charge >= 0.3 is 0 Å². The monoisotopic (exact) mass is 338 g/mol. The highest BCUT2D eigenvalue weighted by molar-refractivity contribution is 7.90. The van der Waals surface area contributed by atoms with Crippen LogP contribution in [-0.2, 0) is 26.1 Å². The Bertz CT molecular complexity index is 647.